The molecule has 0 aliphatic carbocycles. The molecule has 0 radical (unpaired) electrons. The van der Waals surface area contributed by atoms with Crippen molar-refractivity contribution in [2.45, 2.75) is 20.1 Å². The van der Waals surface area contributed by atoms with Crippen molar-refractivity contribution in [3.8, 4) is 5.75 Å². The molecule has 0 fully saturated rings. The largest absolute Gasteiger partial charge is 0.486 e. The molecule has 0 unspecified atom stereocenters. The van der Waals surface area contributed by atoms with Crippen LogP contribution in [0.1, 0.15) is 16.3 Å². The maximum Gasteiger partial charge on any atom is 0.322 e. The number of aryl methyl sites for hydroxylation is 1. The number of hydrogen-bond acceptors (Lipinski definition) is 5. The van der Waals surface area contributed by atoms with Crippen molar-refractivity contribution in [2.24, 2.45) is 0 Å². The molecule has 0 saturated heterocycles. The average molecular weight is 462 g/mol. The number of amides is 2. The first-order valence-electron chi connectivity index (χ1n) is 10.8. The van der Waals surface area contributed by atoms with Gasteiger partial charge in [-0.15, -0.1) is 11.3 Å². The molecule has 2 amide bonds. The number of aromatic nitrogens is 1. The van der Waals surface area contributed by atoms with Gasteiger partial charge in [-0.2, -0.15) is 0 Å². The molecule has 1 N–H and O–H groups in total. The van der Waals surface area contributed by atoms with Crippen LogP contribution in [0.5, 0.6) is 5.75 Å². The number of thiazole rings is 1. The quantitative estimate of drug-likeness (QED) is 0.339. The van der Waals surface area contributed by atoms with Crippen molar-refractivity contribution < 1.29 is 14.3 Å². The number of fused-ring (bicyclic) bond motifs is 1. The minimum atomic E-state index is -0.183. The molecule has 6 nitrogen and oxygen atoms in total. The number of rotatable bonds is 9. The summed E-state index contributed by atoms with van der Waals surface area (Å²) in [6.45, 7) is 3.70. The lowest BCUT2D eigenvalue weighted by molar-refractivity contribution is 0.152. The number of hydrogen-bond donors (Lipinski definition) is 1. The van der Waals surface area contributed by atoms with Crippen LogP contribution >= 0.6 is 11.3 Å². The van der Waals surface area contributed by atoms with Crippen LogP contribution < -0.4 is 10.1 Å². The Morgan fingerprint density at radius 3 is 2.67 bits per heavy atom. The zero-order valence-electron chi connectivity index (χ0n) is 18.8. The summed E-state index contributed by atoms with van der Waals surface area (Å²) in [5.41, 5.74) is 2.73. The number of methoxy groups -OCH3 is 1. The first-order valence-corrected chi connectivity index (χ1v) is 11.7. The van der Waals surface area contributed by atoms with Gasteiger partial charge in [0.05, 0.1) is 18.8 Å². The van der Waals surface area contributed by atoms with Gasteiger partial charge in [-0.05, 0) is 30.5 Å². The summed E-state index contributed by atoms with van der Waals surface area (Å²) in [5.74, 6) is 0.837. The second-order valence-corrected chi connectivity index (χ2v) is 8.65. The van der Waals surface area contributed by atoms with Crippen molar-refractivity contribution in [1.82, 2.24) is 9.88 Å². The minimum absolute atomic E-state index is 0.183. The van der Waals surface area contributed by atoms with Crippen LogP contribution in [0.25, 0.3) is 10.8 Å². The predicted octanol–water partition coefficient (Wildman–Crippen LogP) is 5.86. The molecule has 1 heterocycles. The van der Waals surface area contributed by atoms with Gasteiger partial charge in [0, 0.05) is 30.1 Å². The molecule has 0 atom stereocenters. The fourth-order valence-electron chi connectivity index (χ4n) is 3.44. The molecular formula is C26H27N3O3S. The number of benzene rings is 3. The van der Waals surface area contributed by atoms with E-state index in [9.17, 15) is 4.79 Å². The van der Waals surface area contributed by atoms with E-state index in [0.29, 0.717) is 26.3 Å². The number of nitrogens with zero attached hydrogens (tertiary/aromatic N) is 2. The third kappa shape index (κ3) is 6.09. The number of anilines is 1. The Morgan fingerprint density at radius 1 is 1.06 bits per heavy atom. The molecule has 3 aromatic carbocycles. The van der Waals surface area contributed by atoms with Crippen LogP contribution in [0.4, 0.5) is 10.5 Å². The van der Waals surface area contributed by atoms with Crippen molar-refractivity contribution >= 4 is 33.8 Å². The van der Waals surface area contributed by atoms with Crippen molar-refractivity contribution in [3.05, 3.63) is 88.4 Å². The first kappa shape index (κ1) is 22.8. The zero-order valence-corrected chi connectivity index (χ0v) is 19.6. The van der Waals surface area contributed by atoms with Gasteiger partial charge in [-0.3, -0.25) is 0 Å². The second-order valence-electron chi connectivity index (χ2n) is 7.71. The molecule has 7 heteroatoms. The highest BCUT2D eigenvalue weighted by Crippen LogP contribution is 2.26. The summed E-state index contributed by atoms with van der Waals surface area (Å²) >= 11 is 1.53. The number of urea groups is 1. The smallest absolute Gasteiger partial charge is 0.322 e. The maximum absolute atomic E-state index is 12.9. The monoisotopic (exact) mass is 461 g/mol. The molecular weight excluding hydrogens is 434 g/mol. The summed E-state index contributed by atoms with van der Waals surface area (Å²) in [5, 5.41) is 8.01. The summed E-state index contributed by atoms with van der Waals surface area (Å²) in [4.78, 5) is 19.2. The molecule has 1 aromatic heterocycles. The van der Waals surface area contributed by atoms with E-state index in [2.05, 4.69) is 28.5 Å². The molecule has 0 saturated carbocycles. The molecule has 0 aliphatic heterocycles. The van der Waals surface area contributed by atoms with Crippen LogP contribution in [0.3, 0.4) is 0 Å². The van der Waals surface area contributed by atoms with Gasteiger partial charge in [-0.25, -0.2) is 9.78 Å². The summed E-state index contributed by atoms with van der Waals surface area (Å²) in [6, 6.07) is 21.7. The lowest BCUT2D eigenvalue weighted by atomic mass is 10.1. The standard InChI is InChI=1S/C26H27N3O3S/c1-19-10-12-21(13-11-19)28-26(30)29(14-15-31-2)16-22-18-33-25(27-22)17-32-24-9-5-7-20-6-3-4-8-23(20)24/h3-13,18H,14-17H2,1-2H3,(H,28,30). The van der Waals surface area contributed by atoms with Crippen LogP contribution in [0, 0.1) is 6.92 Å². The summed E-state index contributed by atoms with van der Waals surface area (Å²) in [6.07, 6.45) is 0. The van der Waals surface area contributed by atoms with Gasteiger partial charge in [0.25, 0.3) is 0 Å². The molecule has 170 valence electrons. The Morgan fingerprint density at radius 2 is 1.85 bits per heavy atom. The van der Waals surface area contributed by atoms with Crippen LogP contribution in [-0.4, -0.2) is 36.2 Å². The van der Waals surface area contributed by atoms with E-state index in [0.717, 1.165) is 38.5 Å². The SMILES string of the molecule is COCCN(Cc1csc(COc2cccc3ccccc23)n1)C(=O)Nc1ccc(C)cc1. The van der Waals surface area contributed by atoms with Gasteiger partial charge in [-0.1, -0.05) is 54.1 Å². The second kappa shape index (κ2) is 10.9. The number of carbonyl (C=O) groups is 1. The van der Waals surface area contributed by atoms with Gasteiger partial charge < -0.3 is 19.7 Å². The van der Waals surface area contributed by atoms with E-state index >= 15 is 0 Å². The van der Waals surface area contributed by atoms with Crippen LogP contribution in [0.2, 0.25) is 0 Å². The Balaban J connectivity index is 1.39. The summed E-state index contributed by atoms with van der Waals surface area (Å²) in [7, 11) is 1.63. The topological polar surface area (TPSA) is 63.7 Å². The zero-order chi connectivity index (χ0) is 23.0. The van der Waals surface area contributed by atoms with E-state index in [4.69, 9.17) is 9.47 Å². The lowest BCUT2D eigenvalue weighted by Crippen LogP contribution is -2.37. The first-order chi connectivity index (χ1) is 16.1. The molecule has 0 spiro atoms. The normalized spacial score (nSPS) is 10.8. The third-order valence-electron chi connectivity index (χ3n) is 5.21. The molecule has 4 rings (SSSR count). The van der Waals surface area contributed by atoms with E-state index in [1.807, 2.05) is 60.8 Å². The van der Waals surface area contributed by atoms with Crippen molar-refractivity contribution in [3.63, 3.8) is 0 Å². The fourth-order valence-corrected chi connectivity index (χ4v) is 4.13. The fraction of sp³-hybridized carbons (Fsp3) is 0.231. The Labute approximate surface area is 197 Å². The van der Waals surface area contributed by atoms with Crippen LogP contribution in [0.15, 0.2) is 72.1 Å². The lowest BCUT2D eigenvalue weighted by Gasteiger charge is -2.22. The van der Waals surface area contributed by atoms with E-state index in [1.165, 1.54) is 11.3 Å². The van der Waals surface area contributed by atoms with E-state index in [1.54, 1.807) is 12.0 Å². The van der Waals surface area contributed by atoms with Gasteiger partial charge in [0.15, 0.2) is 0 Å². The minimum Gasteiger partial charge on any atom is -0.486 e. The summed E-state index contributed by atoms with van der Waals surface area (Å²) < 4.78 is 11.3. The third-order valence-corrected chi connectivity index (χ3v) is 6.08. The molecule has 0 bridgehead atoms. The predicted molar refractivity (Wildman–Crippen MR) is 133 cm³/mol. The average Bonchev–Trinajstić information content (AvgIpc) is 3.29. The Hall–Kier alpha value is -3.42. The van der Waals surface area contributed by atoms with Gasteiger partial charge in [0.1, 0.15) is 17.4 Å². The Kier molecular flexibility index (Phi) is 7.55. The van der Waals surface area contributed by atoms with Crippen molar-refractivity contribution in [2.75, 3.05) is 25.6 Å². The van der Waals surface area contributed by atoms with Gasteiger partial charge in [0.2, 0.25) is 0 Å². The Bertz CT molecular complexity index is 1200. The highest BCUT2D eigenvalue weighted by molar-refractivity contribution is 7.09. The number of ether oxygens (including phenoxy) is 2. The van der Waals surface area contributed by atoms with Crippen molar-refractivity contribution in [1.29, 1.82) is 0 Å². The van der Waals surface area contributed by atoms with Gasteiger partial charge >= 0.3 is 6.03 Å². The molecule has 4 aromatic rings. The number of nitrogens with one attached hydrogen (secondary N) is 1. The number of carbonyl (C=O) groups excluding carboxylic acids is 1. The van der Waals surface area contributed by atoms with E-state index in [-0.39, 0.29) is 6.03 Å². The molecule has 33 heavy (non-hydrogen) atoms. The maximum atomic E-state index is 12.9. The van der Waals surface area contributed by atoms with Crippen LogP contribution in [-0.2, 0) is 17.9 Å². The van der Waals surface area contributed by atoms with E-state index < -0.39 is 0 Å². The highest BCUT2D eigenvalue weighted by Gasteiger charge is 2.16. The highest BCUT2D eigenvalue weighted by atomic mass is 32.1. The molecule has 0 aliphatic rings.